The summed E-state index contributed by atoms with van der Waals surface area (Å²) in [6.07, 6.45) is 1.21. The Hall–Kier alpha value is -2.81. The molecule has 0 aliphatic heterocycles. The van der Waals surface area contributed by atoms with Gasteiger partial charge in [-0.05, 0) is 23.3 Å². The lowest BCUT2D eigenvalue weighted by Crippen LogP contribution is -2.06. The Kier molecular flexibility index (Phi) is 5.80. The zero-order valence-electron chi connectivity index (χ0n) is 16.6. The third kappa shape index (κ3) is 4.35. The standard InChI is InChI=1S/C22H21N3O3S2/c1-28-13-19-24-21(23-12-15-8-10-17(11-9-15)30(2,26)27)20-18(14-29-22(20)25-19)16-6-4-3-5-7-16/h3-11,14H,12-13H2,1-2H3,(H,23,24,25). The van der Waals surface area contributed by atoms with E-state index in [-0.39, 0.29) is 0 Å². The van der Waals surface area contributed by atoms with Crippen LogP contribution in [-0.2, 0) is 27.7 Å². The molecule has 8 heteroatoms. The van der Waals surface area contributed by atoms with Crippen molar-refractivity contribution in [1.82, 2.24) is 9.97 Å². The molecule has 0 bridgehead atoms. The molecule has 154 valence electrons. The van der Waals surface area contributed by atoms with Crippen LogP contribution in [0.4, 0.5) is 5.82 Å². The van der Waals surface area contributed by atoms with Crippen LogP contribution < -0.4 is 5.32 Å². The lowest BCUT2D eigenvalue weighted by Gasteiger charge is -2.11. The van der Waals surface area contributed by atoms with Gasteiger partial charge in [-0.1, -0.05) is 42.5 Å². The van der Waals surface area contributed by atoms with Gasteiger partial charge in [-0.15, -0.1) is 11.3 Å². The second-order valence-corrected chi connectivity index (χ2v) is 9.76. The monoisotopic (exact) mass is 439 g/mol. The third-order valence-corrected chi connectivity index (χ3v) is 6.65. The maximum Gasteiger partial charge on any atom is 0.175 e. The molecular formula is C22H21N3O3S2. The highest BCUT2D eigenvalue weighted by atomic mass is 32.2. The highest BCUT2D eigenvalue weighted by molar-refractivity contribution is 7.90. The van der Waals surface area contributed by atoms with Crippen molar-refractivity contribution >= 4 is 37.2 Å². The molecule has 0 aliphatic carbocycles. The lowest BCUT2D eigenvalue weighted by molar-refractivity contribution is 0.178. The van der Waals surface area contributed by atoms with E-state index in [0.29, 0.717) is 23.9 Å². The normalized spacial score (nSPS) is 11.7. The first-order chi connectivity index (χ1) is 14.5. The topological polar surface area (TPSA) is 81.2 Å². The van der Waals surface area contributed by atoms with Gasteiger partial charge in [0.1, 0.15) is 17.3 Å². The molecule has 2 aromatic carbocycles. The summed E-state index contributed by atoms with van der Waals surface area (Å²) in [5.74, 6) is 1.35. The van der Waals surface area contributed by atoms with Crippen molar-refractivity contribution in [2.24, 2.45) is 0 Å². The summed E-state index contributed by atoms with van der Waals surface area (Å²) in [6, 6.07) is 17.0. The van der Waals surface area contributed by atoms with Gasteiger partial charge in [0.05, 0.1) is 10.3 Å². The number of rotatable bonds is 7. The first kappa shape index (κ1) is 20.5. The third-order valence-electron chi connectivity index (χ3n) is 4.65. The first-order valence-electron chi connectivity index (χ1n) is 9.31. The molecule has 2 aromatic heterocycles. The molecule has 0 atom stereocenters. The maximum atomic E-state index is 11.7. The van der Waals surface area contributed by atoms with Crippen LogP contribution in [0, 0.1) is 0 Å². The van der Waals surface area contributed by atoms with Gasteiger partial charge >= 0.3 is 0 Å². The Morgan fingerprint density at radius 1 is 1.03 bits per heavy atom. The van der Waals surface area contributed by atoms with E-state index in [1.807, 2.05) is 30.3 Å². The zero-order chi connectivity index (χ0) is 21.1. The Morgan fingerprint density at radius 2 is 1.77 bits per heavy atom. The summed E-state index contributed by atoms with van der Waals surface area (Å²) < 4.78 is 28.6. The van der Waals surface area contributed by atoms with Gasteiger partial charge in [-0.25, -0.2) is 18.4 Å². The quantitative estimate of drug-likeness (QED) is 0.456. The highest BCUT2D eigenvalue weighted by Gasteiger charge is 2.15. The number of nitrogens with zero attached hydrogens (tertiary/aromatic N) is 2. The Morgan fingerprint density at radius 3 is 2.43 bits per heavy atom. The summed E-state index contributed by atoms with van der Waals surface area (Å²) in [4.78, 5) is 10.5. The average Bonchev–Trinajstić information content (AvgIpc) is 3.17. The van der Waals surface area contributed by atoms with Crippen LogP contribution in [0.3, 0.4) is 0 Å². The van der Waals surface area contributed by atoms with Crippen molar-refractivity contribution in [3.05, 3.63) is 71.4 Å². The maximum absolute atomic E-state index is 11.7. The van der Waals surface area contributed by atoms with Crippen molar-refractivity contribution < 1.29 is 13.2 Å². The summed E-state index contributed by atoms with van der Waals surface area (Å²) >= 11 is 1.58. The van der Waals surface area contributed by atoms with Gasteiger partial charge in [0, 0.05) is 30.9 Å². The second-order valence-electron chi connectivity index (χ2n) is 6.89. The molecule has 0 fully saturated rings. The predicted molar refractivity (Wildman–Crippen MR) is 120 cm³/mol. The molecule has 0 aliphatic rings. The average molecular weight is 440 g/mol. The number of sulfone groups is 1. The van der Waals surface area contributed by atoms with Crippen LogP contribution in [-0.4, -0.2) is 31.8 Å². The van der Waals surface area contributed by atoms with Crippen molar-refractivity contribution in [2.75, 3.05) is 18.7 Å². The number of ether oxygens (including phenoxy) is 1. The molecule has 4 rings (SSSR count). The Labute approximate surface area is 179 Å². The number of methoxy groups -OCH3 is 1. The second kappa shape index (κ2) is 8.51. The number of nitrogens with one attached hydrogen (secondary N) is 1. The van der Waals surface area contributed by atoms with Gasteiger partial charge in [-0.2, -0.15) is 0 Å². The van der Waals surface area contributed by atoms with Crippen molar-refractivity contribution in [2.45, 2.75) is 18.0 Å². The van der Waals surface area contributed by atoms with Crippen LogP contribution in [0.5, 0.6) is 0 Å². The fourth-order valence-corrected chi connectivity index (χ4v) is 4.77. The van der Waals surface area contributed by atoms with E-state index in [9.17, 15) is 8.42 Å². The predicted octanol–water partition coefficient (Wildman–Crippen LogP) is 4.52. The molecule has 0 unspecified atom stereocenters. The van der Waals surface area contributed by atoms with Crippen molar-refractivity contribution in [3.63, 3.8) is 0 Å². The van der Waals surface area contributed by atoms with E-state index < -0.39 is 9.84 Å². The van der Waals surface area contributed by atoms with E-state index in [2.05, 4.69) is 32.8 Å². The number of hydrogen-bond donors (Lipinski definition) is 1. The van der Waals surface area contributed by atoms with E-state index in [1.165, 1.54) is 6.26 Å². The molecule has 4 aromatic rings. The van der Waals surface area contributed by atoms with Gasteiger partial charge in [0.25, 0.3) is 0 Å². The van der Waals surface area contributed by atoms with Gasteiger partial charge in [0.15, 0.2) is 15.7 Å². The van der Waals surface area contributed by atoms with Crippen LogP contribution in [0.1, 0.15) is 11.4 Å². The smallest absolute Gasteiger partial charge is 0.175 e. The Bertz CT molecular complexity index is 1270. The molecule has 0 saturated carbocycles. The number of anilines is 1. The SMILES string of the molecule is COCc1nc(NCc2ccc(S(C)(=O)=O)cc2)c2c(-c3ccccc3)csc2n1. The van der Waals surface area contributed by atoms with E-state index >= 15 is 0 Å². The number of benzene rings is 2. The van der Waals surface area contributed by atoms with Crippen LogP contribution in [0.15, 0.2) is 64.9 Å². The number of thiophene rings is 1. The molecule has 0 spiro atoms. The summed E-state index contributed by atoms with van der Waals surface area (Å²) in [5, 5.41) is 6.47. The van der Waals surface area contributed by atoms with Gasteiger partial charge in [0.2, 0.25) is 0 Å². The molecule has 0 radical (unpaired) electrons. The summed E-state index contributed by atoms with van der Waals surface area (Å²) in [5.41, 5.74) is 3.14. The fourth-order valence-electron chi connectivity index (χ4n) is 3.18. The fraction of sp³-hybridized carbons (Fsp3) is 0.182. The minimum Gasteiger partial charge on any atom is -0.377 e. The molecule has 1 N–H and O–H groups in total. The summed E-state index contributed by atoms with van der Waals surface area (Å²) in [6.45, 7) is 0.832. The van der Waals surface area contributed by atoms with E-state index in [1.54, 1.807) is 30.6 Å². The lowest BCUT2D eigenvalue weighted by atomic mass is 10.1. The largest absolute Gasteiger partial charge is 0.377 e. The van der Waals surface area contributed by atoms with Crippen LogP contribution in [0.25, 0.3) is 21.3 Å². The van der Waals surface area contributed by atoms with Crippen LogP contribution in [0.2, 0.25) is 0 Å². The highest BCUT2D eigenvalue weighted by Crippen LogP contribution is 2.37. The van der Waals surface area contributed by atoms with Crippen LogP contribution >= 0.6 is 11.3 Å². The molecule has 30 heavy (non-hydrogen) atoms. The molecule has 0 amide bonds. The zero-order valence-corrected chi connectivity index (χ0v) is 18.3. The first-order valence-corrected chi connectivity index (χ1v) is 12.1. The molecule has 6 nitrogen and oxygen atoms in total. The molecular weight excluding hydrogens is 418 g/mol. The molecule has 0 saturated heterocycles. The Balaban J connectivity index is 1.70. The minimum absolute atomic E-state index is 0.308. The van der Waals surface area contributed by atoms with E-state index in [0.717, 1.165) is 32.7 Å². The van der Waals surface area contributed by atoms with Crippen molar-refractivity contribution in [1.29, 1.82) is 0 Å². The number of aromatic nitrogens is 2. The summed E-state index contributed by atoms with van der Waals surface area (Å²) in [7, 11) is -1.59. The minimum atomic E-state index is -3.21. The number of fused-ring (bicyclic) bond motifs is 1. The van der Waals surface area contributed by atoms with Gasteiger partial charge < -0.3 is 10.1 Å². The molecule has 2 heterocycles. The number of hydrogen-bond acceptors (Lipinski definition) is 7. The van der Waals surface area contributed by atoms with E-state index in [4.69, 9.17) is 4.74 Å². The van der Waals surface area contributed by atoms with Crippen molar-refractivity contribution in [3.8, 4) is 11.1 Å². The van der Waals surface area contributed by atoms with Gasteiger partial charge in [-0.3, -0.25) is 0 Å².